The van der Waals surface area contributed by atoms with Gasteiger partial charge in [0, 0.05) is 23.6 Å². The highest BCUT2D eigenvalue weighted by Crippen LogP contribution is 2.56. The minimum atomic E-state index is -3.81. The van der Waals surface area contributed by atoms with Crippen LogP contribution >= 0.6 is 0 Å². The van der Waals surface area contributed by atoms with Gasteiger partial charge in [0.1, 0.15) is 11.4 Å². The molecule has 1 saturated carbocycles. The molecule has 0 spiro atoms. The van der Waals surface area contributed by atoms with E-state index in [4.69, 9.17) is 4.74 Å². The zero-order valence-electron chi connectivity index (χ0n) is 18.9. The van der Waals surface area contributed by atoms with Gasteiger partial charge in [0.25, 0.3) is 5.69 Å². The van der Waals surface area contributed by atoms with Crippen LogP contribution in [0.25, 0.3) is 5.76 Å². The van der Waals surface area contributed by atoms with Crippen molar-refractivity contribution in [1.82, 2.24) is 0 Å². The van der Waals surface area contributed by atoms with E-state index in [1.807, 2.05) is 6.92 Å². The van der Waals surface area contributed by atoms with Crippen molar-refractivity contribution in [3.63, 3.8) is 0 Å². The molecule has 0 amide bonds. The summed E-state index contributed by atoms with van der Waals surface area (Å²) in [6.07, 6.45) is 3.25. The molecular formula is C25H29NO5S. The van der Waals surface area contributed by atoms with Crippen molar-refractivity contribution in [3.8, 4) is 0 Å². The maximum atomic E-state index is 13.8. The van der Waals surface area contributed by atoms with E-state index >= 15 is 0 Å². The molecule has 0 N–H and O–H groups in total. The lowest BCUT2D eigenvalue weighted by molar-refractivity contribution is -0.384. The highest BCUT2D eigenvalue weighted by Gasteiger charge is 2.53. The molecule has 1 aliphatic carbocycles. The molecule has 1 fully saturated rings. The topological polar surface area (TPSA) is 86.5 Å². The number of rotatable bonds is 4. The van der Waals surface area contributed by atoms with Crippen LogP contribution in [0.1, 0.15) is 57.6 Å². The molecule has 0 bridgehead atoms. The molecule has 1 heterocycles. The molecule has 2 aromatic rings. The van der Waals surface area contributed by atoms with Crippen molar-refractivity contribution >= 4 is 21.3 Å². The molecule has 2 aromatic carbocycles. The average molecular weight is 456 g/mol. The smallest absolute Gasteiger partial charge is 0.269 e. The van der Waals surface area contributed by atoms with Crippen LogP contribution in [0, 0.1) is 28.4 Å². The number of benzene rings is 2. The lowest BCUT2D eigenvalue weighted by Crippen LogP contribution is -2.51. The Hall–Kier alpha value is -2.67. The van der Waals surface area contributed by atoms with E-state index in [1.165, 1.54) is 12.1 Å². The lowest BCUT2D eigenvalue weighted by atomic mass is 9.60. The molecular weight excluding hydrogens is 426 g/mol. The van der Waals surface area contributed by atoms with Crippen molar-refractivity contribution in [2.24, 2.45) is 11.3 Å². The first-order chi connectivity index (χ1) is 14.9. The molecule has 6 nitrogen and oxygen atoms in total. The molecule has 0 radical (unpaired) electrons. The van der Waals surface area contributed by atoms with Crippen molar-refractivity contribution in [2.45, 2.75) is 63.9 Å². The second-order valence-corrected chi connectivity index (χ2v) is 11.9. The van der Waals surface area contributed by atoms with Gasteiger partial charge in [-0.1, -0.05) is 31.5 Å². The normalized spacial score (nSPS) is 25.1. The van der Waals surface area contributed by atoms with Gasteiger partial charge in [-0.15, -0.1) is 0 Å². The number of ether oxygens (including phenoxy) is 1. The van der Waals surface area contributed by atoms with Gasteiger partial charge in [-0.2, -0.15) is 0 Å². The molecule has 0 saturated heterocycles. The third kappa shape index (κ3) is 3.83. The zero-order valence-corrected chi connectivity index (χ0v) is 19.7. The molecule has 170 valence electrons. The first-order valence-electron chi connectivity index (χ1n) is 10.9. The monoisotopic (exact) mass is 455 g/mol. The van der Waals surface area contributed by atoms with Gasteiger partial charge in [-0.25, -0.2) is 8.42 Å². The Labute approximate surface area is 189 Å². The second kappa shape index (κ2) is 7.73. The Balaban J connectivity index is 1.91. The number of fused-ring (bicyclic) bond motifs is 1. The predicted octanol–water partition coefficient (Wildman–Crippen LogP) is 6.05. The van der Waals surface area contributed by atoms with Crippen LogP contribution in [-0.2, 0) is 14.6 Å². The highest BCUT2D eigenvalue weighted by atomic mass is 32.2. The van der Waals surface area contributed by atoms with Crippen molar-refractivity contribution in [3.05, 3.63) is 74.7 Å². The number of allylic oxidation sites excluding steroid dienone is 1. The maximum absolute atomic E-state index is 13.8. The number of nitro benzene ring substituents is 1. The largest absolute Gasteiger partial charge is 0.486 e. The number of hydrogen-bond acceptors (Lipinski definition) is 5. The van der Waals surface area contributed by atoms with E-state index < -0.39 is 20.4 Å². The minimum Gasteiger partial charge on any atom is -0.486 e. The molecule has 1 aliphatic heterocycles. The van der Waals surface area contributed by atoms with Crippen molar-refractivity contribution in [1.29, 1.82) is 0 Å². The third-order valence-electron chi connectivity index (χ3n) is 7.15. The van der Waals surface area contributed by atoms with Crippen molar-refractivity contribution < 1.29 is 18.1 Å². The average Bonchev–Trinajstić information content (AvgIpc) is 2.73. The lowest BCUT2D eigenvalue weighted by Gasteiger charge is -2.53. The first kappa shape index (κ1) is 22.5. The van der Waals surface area contributed by atoms with Crippen LogP contribution in [0.15, 0.2) is 58.3 Å². The molecule has 32 heavy (non-hydrogen) atoms. The number of nitro groups is 1. The van der Waals surface area contributed by atoms with E-state index in [0.29, 0.717) is 17.7 Å². The fraction of sp³-hybridized carbons (Fsp3) is 0.440. The summed E-state index contributed by atoms with van der Waals surface area (Å²) < 4.78 is 34.2. The molecule has 0 aromatic heterocycles. The van der Waals surface area contributed by atoms with Gasteiger partial charge in [0.05, 0.1) is 14.7 Å². The van der Waals surface area contributed by atoms with Crippen LogP contribution in [0.4, 0.5) is 5.69 Å². The summed E-state index contributed by atoms with van der Waals surface area (Å²) in [6.45, 7) is 8.35. The molecule has 0 unspecified atom stereocenters. The second-order valence-electron chi connectivity index (χ2n) is 9.89. The summed E-state index contributed by atoms with van der Waals surface area (Å²) in [7, 11) is -3.81. The number of nitrogens with zero attached hydrogens (tertiary/aromatic N) is 1. The van der Waals surface area contributed by atoms with Gasteiger partial charge in [-0.05, 0) is 69.2 Å². The van der Waals surface area contributed by atoms with E-state index in [9.17, 15) is 18.5 Å². The molecule has 4 rings (SSSR count). The third-order valence-corrected chi connectivity index (χ3v) is 9.04. The molecule has 2 atom stereocenters. The maximum Gasteiger partial charge on any atom is 0.269 e. The predicted molar refractivity (Wildman–Crippen MR) is 124 cm³/mol. The summed E-state index contributed by atoms with van der Waals surface area (Å²) in [5.74, 6) is 0.359. The van der Waals surface area contributed by atoms with Crippen LogP contribution in [0.3, 0.4) is 0 Å². The number of hydrogen-bond donors (Lipinski definition) is 0. The Morgan fingerprint density at radius 3 is 2.22 bits per heavy atom. The summed E-state index contributed by atoms with van der Waals surface area (Å²) in [4.78, 5) is 11.1. The highest BCUT2D eigenvalue weighted by molar-refractivity contribution is 7.95. The van der Waals surface area contributed by atoms with E-state index in [0.717, 1.165) is 24.8 Å². The fourth-order valence-corrected chi connectivity index (χ4v) is 6.87. The van der Waals surface area contributed by atoms with Gasteiger partial charge in [-0.3, -0.25) is 10.1 Å². The Morgan fingerprint density at radius 1 is 1.00 bits per heavy atom. The van der Waals surface area contributed by atoms with Crippen LogP contribution < -0.4 is 0 Å². The van der Waals surface area contributed by atoms with Gasteiger partial charge < -0.3 is 4.74 Å². The zero-order chi connectivity index (χ0) is 23.3. The van der Waals surface area contributed by atoms with Gasteiger partial charge in [0.2, 0.25) is 9.84 Å². The number of non-ortho nitro benzene ring substituents is 1. The minimum absolute atomic E-state index is 0.0424. The molecule has 2 aliphatic rings. The van der Waals surface area contributed by atoms with Gasteiger partial charge in [0.15, 0.2) is 0 Å². The summed E-state index contributed by atoms with van der Waals surface area (Å²) in [5.41, 5.74) is 0.919. The first-order valence-corrected chi connectivity index (χ1v) is 12.4. The number of sulfone groups is 1. The summed E-state index contributed by atoms with van der Waals surface area (Å²) in [6, 6.07) is 12.8. The van der Waals surface area contributed by atoms with E-state index in [1.54, 1.807) is 36.4 Å². The summed E-state index contributed by atoms with van der Waals surface area (Å²) in [5, 5.41) is 11.1. The van der Waals surface area contributed by atoms with Crippen molar-refractivity contribution in [2.75, 3.05) is 0 Å². The van der Waals surface area contributed by atoms with Crippen LogP contribution in [0.2, 0.25) is 0 Å². The van der Waals surface area contributed by atoms with Crippen LogP contribution in [0.5, 0.6) is 0 Å². The SMILES string of the molecule is Cc1ccc(S(=O)(=O)C2=C(c3ccc([N+](=O)[O-])cc3)O[C@@]3(C)CCCC(C)(C)[C@@H]3C2)cc1. The molecule has 7 heteroatoms. The van der Waals surface area contributed by atoms with Gasteiger partial charge >= 0.3 is 0 Å². The van der Waals surface area contributed by atoms with Crippen LogP contribution in [-0.4, -0.2) is 18.9 Å². The number of aryl methyl sites for hydroxylation is 1. The Kier molecular flexibility index (Phi) is 5.44. The fourth-order valence-electron chi connectivity index (χ4n) is 5.30. The quantitative estimate of drug-likeness (QED) is 0.414. The van der Waals surface area contributed by atoms with E-state index in [-0.39, 0.29) is 26.8 Å². The Morgan fingerprint density at radius 2 is 1.62 bits per heavy atom. The standard InChI is InChI=1S/C25H29NO5S/c1-17-6-12-20(13-7-17)32(29,30)21-16-22-24(2,3)14-5-15-25(22,4)31-23(21)18-8-10-19(11-9-18)26(27)28/h6-13,22H,5,14-16H2,1-4H3/t22-,25-/m0/s1. The summed E-state index contributed by atoms with van der Waals surface area (Å²) >= 11 is 0. The van der Waals surface area contributed by atoms with E-state index in [2.05, 4.69) is 20.8 Å². The Bertz CT molecular complexity index is 1180.